The molecule has 6 aromatic carbocycles. The van der Waals surface area contributed by atoms with Gasteiger partial charge in [-0.05, 0) is 71.4 Å². The molecule has 0 atom stereocenters. The van der Waals surface area contributed by atoms with E-state index in [0.717, 1.165) is 0 Å². The van der Waals surface area contributed by atoms with Crippen molar-refractivity contribution in [2.45, 2.75) is 0 Å². The summed E-state index contributed by atoms with van der Waals surface area (Å²) >= 11 is 1.89. The fourth-order valence-corrected chi connectivity index (χ4v) is 7.54. The quantitative estimate of drug-likeness (QED) is 0.217. The first kappa shape index (κ1) is 21.1. The molecular weight excluding hydrogens is 492 g/mol. The van der Waals surface area contributed by atoms with Crippen molar-refractivity contribution in [3.63, 3.8) is 0 Å². The van der Waals surface area contributed by atoms with Crippen molar-refractivity contribution in [1.29, 1.82) is 0 Å². The maximum atomic E-state index is 2.47. The lowest BCUT2D eigenvalue weighted by atomic mass is 10.0. The highest BCUT2D eigenvalue weighted by Crippen LogP contribution is 2.41. The predicted octanol–water partition coefficient (Wildman–Crippen LogP) is 10.2. The third kappa shape index (κ3) is 2.96. The van der Waals surface area contributed by atoms with Gasteiger partial charge >= 0.3 is 0 Å². The van der Waals surface area contributed by atoms with E-state index in [9.17, 15) is 0 Å². The number of fused-ring (bicyclic) bond motifs is 8. The average Bonchev–Trinajstić information content (AvgIpc) is 3.67. The van der Waals surface area contributed by atoms with Gasteiger partial charge in [0.1, 0.15) is 0 Å². The highest BCUT2D eigenvalue weighted by atomic mass is 32.1. The summed E-state index contributed by atoms with van der Waals surface area (Å²) in [7, 11) is 0. The molecule has 0 aliphatic heterocycles. The standard InChI is InChI=1S/C36H22N2S/c1-2-9-26(10-3-1)37-18-17-23-19-24-20-30-27-11-4-6-14-31(27)38(34(30)22-25(24)21-33(23)37)32-15-8-13-29-28-12-5-7-16-35(28)39-36(29)32/h1-22H. The maximum Gasteiger partial charge on any atom is 0.0640 e. The van der Waals surface area contributed by atoms with Crippen molar-refractivity contribution in [2.24, 2.45) is 0 Å². The molecule has 182 valence electrons. The number of nitrogens with zero attached hydrogens (tertiary/aromatic N) is 2. The number of hydrogen-bond acceptors (Lipinski definition) is 1. The Balaban J connectivity index is 1.39. The predicted molar refractivity (Wildman–Crippen MR) is 168 cm³/mol. The summed E-state index contributed by atoms with van der Waals surface area (Å²) in [5.41, 5.74) is 6.13. The molecule has 39 heavy (non-hydrogen) atoms. The summed E-state index contributed by atoms with van der Waals surface area (Å²) in [6.07, 6.45) is 2.18. The van der Waals surface area contributed by atoms with Gasteiger partial charge in [0.15, 0.2) is 0 Å². The van der Waals surface area contributed by atoms with Gasteiger partial charge in [0.05, 0.1) is 26.9 Å². The second-order valence-electron chi connectivity index (χ2n) is 10.3. The van der Waals surface area contributed by atoms with Crippen molar-refractivity contribution in [2.75, 3.05) is 0 Å². The monoisotopic (exact) mass is 514 g/mol. The zero-order valence-electron chi connectivity index (χ0n) is 21.0. The summed E-state index contributed by atoms with van der Waals surface area (Å²) < 4.78 is 7.42. The number of aromatic nitrogens is 2. The Morgan fingerprint density at radius 1 is 0.462 bits per heavy atom. The van der Waals surface area contributed by atoms with Crippen LogP contribution in [0.3, 0.4) is 0 Å². The highest BCUT2D eigenvalue weighted by Gasteiger charge is 2.17. The van der Waals surface area contributed by atoms with E-state index in [0.29, 0.717) is 0 Å². The van der Waals surface area contributed by atoms with Crippen LogP contribution in [0.1, 0.15) is 0 Å². The third-order valence-corrected chi connectivity index (χ3v) is 9.31. The minimum absolute atomic E-state index is 1.18. The van der Waals surface area contributed by atoms with Gasteiger partial charge in [-0.3, -0.25) is 0 Å². The van der Waals surface area contributed by atoms with E-state index in [1.165, 1.54) is 75.0 Å². The van der Waals surface area contributed by atoms with E-state index < -0.39 is 0 Å². The Kier molecular flexibility index (Phi) is 4.24. The third-order valence-electron chi connectivity index (χ3n) is 8.10. The molecule has 0 aliphatic rings. The van der Waals surface area contributed by atoms with Crippen LogP contribution in [-0.2, 0) is 0 Å². The summed E-state index contributed by atoms with van der Waals surface area (Å²) in [6.45, 7) is 0. The lowest BCUT2D eigenvalue weighted by molar-refractivity contribution is 1.13. The van der Waals surface area contributed by atoms with Crippen LogP contribution in [0.15, 0.2) is 134 Å². The number of rotatable bonds is 2. The lowest BCUT2D eigenvalue weighted by Crippen LogP contribution is -1.94. The molecule has 0 radical (unpaired) electrons. The first-order chi connectivity index (χ1) is 19.3. The molecule has 3 aromatic heterocycles. The van der Waals surface area contributed by atoms with E-state index >= 15 is 0 Å². The molecule has 9 rings (SSSR count). The van der Waals surface area contributed by atoms with Crippen LogP contribution < -0.4 is 0 Å². The highest BCUT2D eigenvalue weighted by molar-refractivity contribution is 7.26. The van der Waals surface area contributed by atoms with Gasteiger partial charge in [-0.1, -0.05) is 66.7 Å². The van der Waals surface area contributed by atoms with Crippen LogP contribution in [0, 0.1) is 0 Å². The number of para-hydroxylation sites is 2. The molecule has 0 spiro atoms. The molecule has 0 aliphatic carbocycles. The molecule has 0 N–H and O–H groups in total. The molecule has 0 bridgehead atoms. The minimum atomic E-state index is 1.18. The molecule has 0 amide bonds. The molecule has 0 fully saturated rings. The molecule has 0 saturated heterocycles. The lowest BCUT2D eigenvalue weighted by Gasteiger charge is -2.10. The summed E-state index contributed by atoms with van der Waals surface area (Å²) in [6, 6.07) is 46.6. The van der Waals surface area contributed by atoms with E-state index in [4.69, 9.17) is 0 Å². The Bertz CT molecular complexity index is 2390. The van der Waals surface area contributed by atoms with E-state index in [1.807, 2.05) is 11.3 Å². The topological polar surface area (TPSA) is 9.86 Å². The first-order valence-electron chi connectivity index (χ1n) is 13.3. The Hall–Kier alpha value is -4.86. The van der Waals surface area contributed by atoms with Crippen molar-refractivity contribution in [3.8, 4) is 11.4 Å². The molecule has 3 heteroatoms. The summed E-state index contributed by atoms with van der Waals surface area (Å²) in [5, 5.41) is 9.00. The Morgan fingerprint density at radius 3 is 2.13 bits per heavy atom. The Labute approximate surface area is 228 Å². The summed E-state index contributed by atoms with van der Waals surface area (Å²) in [5.74, 6) is 0. The molecule has 3 heterocycles. The van der Waals surface area contributed by atoms with Crippen molar-refractivity contribution >= 4 is 75.0 Å². The van der Waals surface area contributed by atoms with E-state index in [2.05, 4.69) is 143 Å². The smallest absolute Gasteiger partial charge is 0.0640 e. The number of hydrogen-bond donors (Lipinski definition) is 0. The normalized spacial score (nSPS) is 12.1. The maximum absolute atomic E-state index is 2.47. The zero-order valence-corrected chi connectivity index (χ0v) is 21.8. The van der Waals surface area contributed by atoms with Crippen LogP contribution in [-0.4, -0.2) is 9.13 Å². The van der Waals surface area contributed by atoms with Crippen LogP contribution in [0.2, 0.25) is 0 Å². The second-order valence-corrected chi connectivity index (χ2v) is 11.3. The van der Waals surface area contributed by atoms with Crippen molar-refractivity contribution in [3.05, 3.63) is 134 Å². The van der Waals surface area contributed by atoms with Gasteiger partial charge in [0.2, 0.25) is 0 Å². The van der Waals surface area contributed by atoms with Gasteiger partial charge in [-0.2, -0.15) is 0 Å². The largest absolute Gasteiger partial charge is 0.317 e. The zero-order chi connectivity index (χ0) is 25.5. The van der Waals surface area contributed by atoms with Gasteiger partial charge < -0.3 is 9.13 Å². The Morgan fingerprint density at radius 2 is 1.21 bits per heavy atom. The average molecular weight is 515 g/mol. The van der Waals surface area contributed by atoms with Gasteiger partial charge in [0, 0.05) is 43.5 Å². The number of benzene rings is 6. The summed E-state index contributed by atoms with van der Waals surface area (Å²) in [4.78, 5) is 0. The van der Waals surface area contributed by atoms with E-state index in [-0.39, 0.29) is 0 Å². The fraction of sp³-hybridized carbons (Fsp3) is 0. The first-order valence-corrected chi connectivity index (χ1v) is 14.1. The SMILES string of the molecule is c1ccc(-n2ccc3cc4cc5c6ccccc6n(-c6cccc7c6sc6ccccc67)c5cc4cc32)cc1. The van der Waals surface area contributed by atoms with Gasteiger partial charge in [-0.25, -0.2) is 0 Å². The fourth-order valence-electron chi connectivity index (χ4n) is 6.33. The van der Waals surface area contributed by atoms with Crippen molar-refractivity contribution < 1.29 is 0 Å². The van der Waals surface area contributed by atoms with Crippen molar-refractivity contribution in [1.82, 2.24) is 9.13 Å². The molecule has 2 nitrogen and oxygen atoms in total. The van der Waals surface area contributed by atoms with Crippen LogP contribution in [0.25, 0.3) is 75.0 Å². The molecule has 0 saturated carbocycles. The number of thiophene rings is 1. The van der Waals surface area contributed by atoms with Gasteiger partial charge in [0.25, 0.3) is 0 Å². The minimum Gasteiger partial charge on any atom is -0.317 e. The second kappa shape index (κ2) is 7.83. The van der Waals surface area contributed by atoms with Crippen LogP contribution in [0.4, 0.5) is 0 Å². The van der Waals surface area contributed by atoms with Crippen LogP contribution in [0.5, 0.6) is 0 Å². The van der Waals surface area contributed by atoms with Crippen LogP contribution >= 0.6 is 11.3 Å². The van der Waals surface area contributed by atoms with Gasteiger partial charge in [-0.15, -0.1) is 11.3 Å². The molecule has 9 aromatic rings. The molecule has 0 unspecified atom stereocenters. The molecular formula is C36H22N2S. The van der Waals surface area contributed by atoms with E-state index in [1.54, 1.807) is 0 Å².